The summed E-state index contributed by atoms with van der Waals surface area (Å²) in [4.78, 5) is 14.3. The standard InChI is InChI=1S/C22H29N5O2/c28-20(17-18-9-4-3-5-10-18)15-14-19-11-8-13-22(29)27(19)16-7-2-1-6-12-21-23-25-26-24-21/h2-5,7,9-10,14-15,19-20,28H,1,6,8,11-13,16-17H2,(H,23,24,25,26)/t19-,20?/m1/s1. The second-order valence-corrected chi connectivity index (χ2v) is 7.34. The number of hydrogen-bond acceptors (Lipinski definition) is 5. The maximum Gasteiger partial charge on any atom is 0.223 e. The van der Waals surface area contributed by atoms with Crippen LogP contribution in [0.2, 0.25) is 0 Å². The fourth-order valence-electron chi connectivity index (χ4n) is 3.54. The van der Waals surface area contributed by atoms with Gasteiger partial charge in [0.15, 0.2) is 5.82 Å². The lowest BCUT2D eigenvalue weighted by molar-refractivity contribution is -0.134. The molecule has 1 aromatic carbocycles. The van der Waals surface area contributed by atoms with Crippen LogP contribution in [0, 0.1) is 0 Å². The molecule has 7 nitrogen and oxygen atoms in total. The number of carbonyl (C=O) groups excluding carboxylic acids is 1. The van der Waals surface area contributed by atoms with Crippen molar-refractivity contribution >= 4 is 5.91 Å². The van der Waals surface area contributed by atoms with Crippen LogP contribution in [0.15, 0.2) is 54.6 Å². The molecule has 1 aromatic heterocycles. The number of nitrogens with one attached hydrogen (secondary N) is 1. The van der Waals surface area contributed by atoms with E-state index in [4.69, 9.17) is 0 Å². The van der Waals surface area contributed by atoms with Gasteiger partial charge < -0.3 is 10.0 Å². The van der Waals surface area contributed by atoms with E-state index >= 15 is 0 Å². The Balaban J connectivity index is 1.46. The number of piperidine rings is 1. The number of aromatic nitrogens is 4. The molecule has 154 valence electrons. The Labute approximate surface area is 171 Å². The van der Waals surface area contributed by atoms with Crippen molar-refractivity contribution in [1.29, 1.82) is 0 Å². The zero-order valence-corrected chi connectivity index (χ0v) is 16.7. The largest absolute Gasteiger partial charge is 0.389 e. The van der Waals surface area contributed by atoms with E-state index in [-0.39, 0.29) is 11.9 Å². The van der Waals surface area contributed by atoms with E-state index in [0.717, 1.165) is 43.5 Å². The van der Waals surface area contributed by atoms with Gasteiger partial charge in [-0.15, -0.1) is 10.2 Å². The van der Waals surface area contributed by atoms with E-state index in [2.05, 4.69) is 32.8 Å². The van der Waals surface area contributed by atoms with E-state index in [1.807, 2.05) is 47.4 Å². The van der Waals surface area contributed by atoms with Crippen LogP contribution >= 0.6 is 0 Å². The Morgan fingerprint density at radius 3 is 2.93 bits per heavy atom. The van der Waals surface area contributed by atoms with Crippen molar-refractivity contribution in [2.75, 3.05) is 6.54 Å². The van der Waals surface area contributed by atoms with E-state index in [1.165, 1.54) is 0 Å². The molecule has 1 amide bonds. The lowest BCUT2D eigenvalue weighted by Crippen LogP contribution is -2.42. The fourth-order valence-corrected chi connectivity index (χ4v) is 3.54. The smallest absolute Gasteiger partial charge is 0.223 e. The minimum atomic E-state index is -0.544. The number of aliphatic hydroxyl groups excluding tert-OH is 1. The summed E-state index contributed by atoms with van der Waals surface area (Å²) in [6.45, 7) is 0.602. The van der Waals surface area contributed by atoms with Crippen LogP contribution in [-0.4, -0.2) is 55.2 Å². The summed E-state index contributed by atoms with van der Waals surface area (Å²) in [5.41, 5.74) is 1.10. The summed E-state index contributed by atoms with van der Waals surface area (Å²) in [5, 5.41) is 24.2. The molecule has 0 radical (unpaired) electrons. The molecular weight excluding hydrogens is 366 g/mol. The highest BCUT2D eigenvalue weighted by Gasteiger charge is 2.25. The van der Waals surface area contributed by atoms with E-state index in [9.17, 15) is 9.90 Å². The first-order chi connectivity index (χ1) is 14.2. The number of rotatable bonds is 10. The molecule has 1 saturated heterocycles. The molecule has 2 N–H and O–H groups in total. The van der Waals surface area contributed by atoms with Gasteiger partial charge in [-0.05, 0) is 31.2 Å². The van der Waals surface area contributed by atoms with Gasteiger partial charge in [0.2, 0.25) is 5.91 Å². The van der Waals surface area contributed by atoms with Gasteiger partial charge in [-0.3, -0.25) is 4.79 Å². The van der Waals surface area contributed by atoms with Crippen LogP contribution in [0.1, 0.15) is 43.5 Å². The molecule has 1 aliphatic rings. The van der Waals surface area contributed by atoms with Gasteiger partial charge in [-0.2, -0.15) is 5.21 Å². The molecule has 1 fully saturated rings. The van der Waals surface area contributed by atoms with Gasteiger partial charge in [0.1, 0.15) is 0 Å². The van der Waals surface area contributed by atoms with Gasteiger partial charge >= 0.3 is 0 Å². The maximum absolute atomic E-state index is 12.4. The number of aromatic amines is 1. The zero-order valence-electron chi connectivity index (χ0n) is 16.7. The monoisotopic (exact) mass is 395 g/mol. The number of H-pyrrole nitrogens is 1. The molecule has 0 spiro atoms. The predicted molar refractivity (Wildman–Crippen MR) is 111 cm³/mol. The summed E-state index contributed by atoms with van der Waals surface area (Å²) in [6, 6.07) is 9.99. The lowest BCUT2D eigenvalue weighted by Gasteiger charge is -2.33. The number of likely N-dealkylation sites (tertiary alicyclic amines) is 1. The Morgan fingerprint density at radius 1 is 1.28 bits per heavy atom. The Kier molecular flexibility index (Phi) is 8.12. The van der Waals surface area contributed by atoms with Crippen molar-refractivity contribution < 1.29 is 9.90 Å². The number of carbonyl (C=O) groups is 1. The van der Waals surface area contributed by atoms with E-state index in [1.54, 1.807) is 0 Å². The van der Waals surface area contributed by atoms with Crippen LogP contribution < -0.4 is 0 Å². The second kappa shape index (κ2) is 11.3. The first-order valence-corrected chi connectivity index (χ1v) is 10.3. The van der Waals surface area contributed by atoms with Crippen LogP contribution in [0.3, 0.4) is 0 Å². The van der Waals surface area contributed by atoms with Crippen molar-refractivity contribution in [2.24, 2.45) is 0 Å². The van der Waals surface area contributed by atoms with Crippen LogP contribution in [0.5, 0.6) is 0 Å². The molecule has 3 rings (SSSR count). The quantitative estimate of drug-likeness (QED) is 0.476. The van der Waals surface area contributed by atoms with Gasteiger partial charge in [-0.1, -0.05) is 59.8 Å². The summed E-state index contributed by atoms with van der Waals surface area (Å²) in [7, 11) is 0. The first kappa shape index (κ1) is 20.9. The third kappa shape index (κ3) is 6.94. The fraction of sp³-hybridized carbons (Fsp3) is 0.455. The van der Waals surface area contributed by atoms with Crippen molar-refractivity contribution in [2.45, 2.75) is 57.1 Å². The molecule has 0 bridgehead atoms. The molecule has 2 aromatic rings. The van der Waals surface area contributed by atoms with Crippen molar-refractivity contribution in [3.63, 3.8) is 0 Å². The maximum atomic E-state index is 12.4. The van der Waals surface area contributed by atoms with Crippen molar-refractivity contribution in [1.82, 2.24) is 25.5 Å². The van der Waals surface area contributed by atoms with Gasteiger partial charge in [-0.25, -0.2) is 0 Å². The SMILES string of the molecule is O=C1CCC[C@H](C=CC(O)Cc2ccccc2)N1CC=CCCCc1nn[nH]n1. The number of amides is 1. The molecule has 7 heteroatoms. The molecule has 0 saturated carbocycles. The number of tetrazole rings is 1. The molecule has 0 aliphatic carbocycles. The third-order valence-corrected chi connectivity index (χ3v) is 5.08. The molecular formula is C22H29N5O2. The number of hydrogen-bond donors (Lipinski definition) is 2. The van der Waals surface area contributed by atoms with Crippen molar-refractivity contribution in [3.8, 4) is 0 Å². The molecule has 2 heterocycles. The van der Waals surface area contributed by atoms with Crippen LogP contribution in [0.25, 0.3) is 0 Å². The number of nitrogens with zero attached hydrogens (tertiary/aromatic N) is 4. The molecule has 2 atom stereocenters. The molecule has 1 unspecified atom stereocenters. The van der Waals surface area contributed by atoms with Crippen molar-refractivity contribution in [3.05, 3.63) is 66.0 Å². The minimum absolute atomic E-state index is 0.0469. The summed E-state index contributed by atoms with van der Waals surface area (Å²) in [5.74, 6) is 0.906. The van der Waals surface area contributed by atoms with E-state index in [0.29, 0.717) is 19.4 Å². The number of benzene rings is 1. The second-order valence-electron chi connectivity index (χ2n) is 7.34. The Morgan fingerprint density at radius 2 is 2.14 bits per heavy atom. The Hall–Kier alpha value is -2.80. The number of aryl methyl sites for hydroxylation is 1. The van der Waals surface area contributed by atoms with Gasteiger partial charge in [0.25, 0.3) is 0 Å². The van der Waals surface area contributed by atoms with Crippen LogP contribution in [0.4, 0.5) is 0 Å². The molecule has 1 aliphatic heterocycles. The van der Waals surface area contributed by atoms with Gasteiger partial charge in [0.05, 0.1) is 12.1 Å². The highest BCUT2D eigenvalue weighted by molar-refractivity contribution is 5.77. The van der Waals surface area contributed by atoms with Gasteiger partial charge in [0, 0.05) is 25.8 Å². The Bertz CT molecular complexity index is 789. The summed E-state index contributed by atoms with van der Waals surface area (Å²) in [6.07, 6.45) is 13.1. The number of unbranched alkanes of at least 4 members (excludes halogenated alkanes) is 1. The minimum Gasteiger partial charge on any atom is -0.389 e. The predicted octanol–water partition coefficient (Wildman–Crippen LogP) is 2.62. The summed E-state index contributed by atoms with van der Waals surface area (Å²) >= 11 is 0. The highest BCUT2D eigenvalue weighted by Crippen LogP contribution is 2.20. The first-order valence-electron chi connectivity index (χ1n) is 10.3. The summed E-state index contributed by atoms with van der Waals surface area (Å²) < 4.78 is 0. The van der Waals surface area contributed by atoms with Crippen LogP contribution in [-0.2, 0) is 17.6 Å². The van der Waals surface area contributed by atoms with E-state index < -0.39 is 6.10 Å². The number of allylic oxidation sites excluding steroid dienone is 1. The number of aliphatic hydroxyl groups is 1. The molecule has 29 heavy (non-hydrogen) atoms. The average molecular weight is 396 g/mol. The normalized spacial score (nSPS) is 18.7. The zero-order chi connectivity index (χ0) is 20.3. The lowest BCUT2D eigenvalue weighted by atomic mass is 9.99. The highest BCUT2D eigenvalue weighted by atomic mass is 16.3. The average Bonchev–Trinajstić information content (AvgIpc) is 3.24. The third-order valence-electron chi connectivity index (χ3n) is 5.08. The topological polar surface area (TPSA) is 95.0 Å².